The first-order valence-corrected chi connectivity index (χ1v) is 11.1. The fraction of sp³-hybridized carbons (Fsp3) is 0.476. The number of hydrogen-bond acceptors (Lipinski definition) is 6. The van der Waals surface area contributed by atoms with E-state index in [0.717, 1.165) is 31.5 Å². The lowest BCUT2D eigenvalue weighted by molar-refractivity contribution is -0.130. The molecule has 1 aromatic rings. The zero-order valence-corrected chi connectivity index (χ0v) is 18.8. The molecule has 2 fully saturated rings. The summed E-state index contributed by atoms with van der Waals surface area (Å²) in [5.41, 5.74) is 1.39. The molecule has 2 saturated heterocycles. The number of urea groups is 1. The topological polar surface area (TPSA) is 98.2 Å². The van der Waals surface area contributed by atoms with Gasteiger partial charge in [0.15, 0.2) is 5.13 Å². The fourth-order valence-corrected chi connectivity index (χ4v) is 4.59. The Morgan fingerprint density at radius 3 is 2.68 bits per heavy atom. The van der Waals surface area contributed by atoms with E-state index in [1.165, 1.54) is 11.3 Å². The molecule has 31 heavy (non-hydrogen) atoms. The SMILES string of the molecule is C=N/C=C(\C=C/C)CNC(=O)c1sc(N2CCN(CC(=O)N3CCCC3)C2=O)nc1C. The Kier molecular flexibility index (Phi) is 7.56. The minimum atomic E-state index is -0.256. The number of thiazole rings is 1. The van der Waals surface area contributed by atoms with Crippen LogP contribution < -0.4 is 10.2 Å². The highest BCUT2D eigenvalue weighted by Gasteiger charge is 2.34. The lowest BCUT2D eigenvalue weighted by Gasteiger charge is -2.20. The molecule has 1 N–H and O–H groups in total. The number of aliphatic imine (C=N–C) groups is 1. The first-order valence-electron chi connectivity index (χ1n) is 10.3. The minimum absolute atomic E-state index is 0.0120. The number of carbonyl (C=O) groups excluding carboxylic acids is 3. The number of hydrogen-bond donors (Lipinski definition) is 1. The van der Waals surface area contributed by atoms with Crippen molar-refractivity contribution in [3.8, 4) is 0 Å². The molecule has 0 aliphatic carbocycles. The van der Waals surface area contributed by atoms with Gasteiger partial charge >= 0.3 is 6.03 Å². The maximum atomic E-state index is 12.8. The molecule has 1 aromatic heterocycles. The largest absolute Gasteiger partial charge is 0.347 e. The second-order valence-corrected chi connectivity index (χ2v) is 8.40. The summed E-state index contributed by atoms with van der Waals surface area (Å²) < 4.78 is 0. The maximum Gasteiger partial charge on any atom is 0.326 e. The van der Waals surface area contributed by atoms with E-state index in [-0.39, 0.29) is 24.4 Å². The van der Waals surface area contributed by atoms with Crippen molar-refractivity contribution in [1.82, 2.24) is 20.1 Å². The molecule has 3 heterocycles. The van der Waals surface area contributed by atoms with Crippen LogP contribution in [-0.2, 0) is 4.79 Å². The first-order chi connectivity index (χ1) is 14.9. The van der Waals surface area contributed by atoms with Crippen molar-refractivity contribution < 1.29 is 14.4 Å². The van der Waals surface area contributed by atoms with Crippen LogP contribution in [0, 0.1) is 6.92 Å². The van der Waals surface area contributed by atoms with Crippen molar-refractivity contribution >= 4 is 41.0 Å². The van der Waals surface area contributed by atoms with Gasteiger partial charge in [-0.25, -0.2) is 9.78 Å². The molecule has 3 rings (SSSR count). The maximum absolute atomic E-state index is 12.8. The zero-order valence-electron chi connectivity index (χ0n) is 18.0. The summed E-state index contributed by atoms with van der Waals surface area (Å²) >= 11 is 1.18. The van der Waals surface area contributed by atoms with Crippen molar-refractivity contribution in [2.45, 2.75) is 26.7 Å². The van der Waals surface area contributed by atoms with Gasteiger partial charge in [0.2, 0.25) is 5.91 Å². The van der Waals surface area contributed by atoms with Crippen LogP contribution in [0.2, 0.25) is 0 Å². The summed E-state index contributed by atoms with van der Waals surface area (Å²) in [5, 5.41) is 3.32. The molecule has 0 bridgehead atoms. The molecule has 2 aliphatic rings. The van der Waals surface area contributed by atoms with Crippen LogP contribution in [0.5, 0.6) is 0 Å². The molecule has 0 atom stereocenters. The first kappa shape index (κ1) is 22.7. The normalized spacial score (nSPS) is 17.2. The van der Waals surface area contributed by atoms with Crippen LogP contribution in [0.4, 0.5) is 9.93 Å². The highest BCUT2D eigenvalue weighted by Crippen LogP contribution is 2.29. The number of nitrogens with one attached hydrogen (secondary N) is 1. The van der Waals surface area contributed by atoms with E-state index < -0.39 is 0 Å². The molecular formula is C21H28N6O3S. The van der Waals surface area contributed by atoms with Crippen LogP contribution in [0.25, 0.3) is 0 Å². The van der Waals surface area contributed by atoms with Crippen LogP contribution >= 0.6 is 11.3 Å². The van der Waals surface area contributed by atoms with Gasteiger partial charge < -0.3 is 15.1 Å². The number of nitrogens with zero attached hydrogens (tertiary/aromatic N) is 5. The fourth-order valence-electron chi connectivity index (χ4n) is 3.59. The minimum Gasteiger partial charge on any atom is -0.347 e. The number of carbonyl (C=O) groups is 3. The van der Waals surface area contributed by atoms with E-state index in [9.17, 15) is 14.4 Å². The Morgan fingerprint density at radius 1 is 1.26 bits per heavy atom. The van der Waals surface area contributed by atoms with Crippen molar-refractivity contribution in [2.24, 2.45) is 4.99 Å². The van der Waals surface area contributed by atoms with Crippen molar-refractivity contribution in [3.63, 3.8) is 0 Å². The van der Waals surface area contributed by atoms with Gasteiger partial charge in [-0.3, -0.25) is 19.5 Å². The highest BCUT2D eigenvalue weighted by molar-refractivity contribution is 7.17. The van der Waals surface area contributed by atoms with E-state index in [1.54, 1.807) is 22.9 Å². The van der Waals surface area contributed by atoms with Crippen LogP contribution in [0.1, 0.15) is 35.1 Å². The molecule has 0 unspecified atom stereocenters. The van der Waals surface area contributed by atoms with Gasteiger partial charge in [-0.15, -0.1) is 0 Å². The van der Waals surface area contributed by atoms with Gasteiger partial charge in [0.25, 0.3) is 5.91 Å². The molecule has 10 heteroatoms. The molecule has 0 radical (unpaired) electrons. The number of anilines is 1. The van der Waals surface area contributed by atoms with Gasteiger partial charge in [-0.05, 0) is 39.0 Å². The Balaban J connectivity index is 1.62. The molecule has 0 saturated carbocycles. The zero-order chi connectivity index (χ0) is 22.4. The number of likely N-dealkylation sites (tertiary alicyclic amines) is 1. The third-order valence-corrected chi connectivity index (χ3v) is 6.37. The summed E-state index contributed by atoms with van der Waals surface area (Å²) in [6, 6.07) is -0.247. The third kappa shape index (κ3) is 5.38. The van der Waals surface area contributed by atoms with Gasteiger partial charge in [-0.1, -0.05) is 23.5 Å². The summed E-state index contributed by atoms with van der Waals surface area (Å²) in [7, 11) is 0. The summed E-state index contributed by atoms with van der Waals surface area (Å²) in [6.07, 6.45) is 7.34. The average molecular weight is 445 g/mol. The number of aryl methyl sites for hydroxylation is 1. The van der Waals surface area contributed by atoms with Gasteiger partial charge in [-0.2, -0.15) is 0 Å². The Labute approximate surface area is 186 Å². The standard InChI is InChI=1S/C21H28N6O3S/c1-4-7-16(12-22-3)13-23-19(29)18-15(2)24-20(31-18)27-11-10-26(21(27)30)14-17(28)25-8-5-6-9-25/h4,7,12H,3,5-6,8-11,13-14H2,1-2H3,(H,23,29)/b7-4-,16-12+. The van der Waals surface area contributed by atoms with Crippen LogP contribution in [-0.4, -0.2) is 78.6 Å². The smallest absolute Gasteiger partial charge is 0.326 e. The van der Waals surface area contributed by atoms with Gasteiger partial charge in [0, 0.05) is 38.9 Å². The molecular weight excluding hydrogens is 416 g/mol. The lowest BCUT2D eigenvalue weighted by atomic mass is 10.2. The Bertz CT molecular complexity index is 916. The monoisotopic (exact) mass is 444 g/mol. The molecule has 4 amide bonds. The summed E-state index contributed by atoms with van der Waals surface area (Å²) in [5.74, 6) is -0.268. The van der Waals surface area contributed by atoms with E-state index in [1.807, 2.05) is 24.0 Å². The Hall–Kier alpha value is -3.01. The highest BCUT2D eigenvalue weighted by atomic mass is 32.1. The molecule has 0 aromatic carbocycles. The van der Waals surface area contributed by atoms with E-state index in [4.69, 9.17) is 0 Å². The predicted octanol–water partition coefficient (Wildman–Crippen LogP) is 2.21. The third-order valence-electron chi connectivity index (χ3n) is 5.19. The number of aromatic nitrogens is 1. The number of allylic oxidation sites excluding steroid dienone is 1. The second kappa shape index (κ2) is 10.3. The van der Waals surface area contributed by atoms with Gasteiger partial charge in [0.1, 0.15) is 11.4 Å². The van der Waals surface area contributed by atoms with E-state index in [0.29, 0.717) is 35.3 Å². The quantitative estimate of drug-likeness (QED) is 0.491. The molecule has 166 valence electrons. The summed E-state index contributed by atoms with van der Waals surface area (Å²) in [4.78, 5) is 51.4. The average Bonchev–Trinajstić information content (AvgIpc) is 3.48. The van der Waals surface area contributed by atoms with Crippen molar-refractivity contribution in [2.75, 3.05) is 44.2 Å². The predicted molar refractivity (Wildman–Crippen MR) is 122 cm³/mol. The van der Waals surface area contributed by atoms with Crippen molar-refractivity contribution in [3.05, 3.63) is 34.5 Å². The van der Waals surface area contributed by atoms with E-state index in [2.05, 4.69) is 22.0 Å². The molecule has 9 nitrogen and oxygen atoms in total. The van der Waals surface area contributed by atoms with Crippen LogP contribution in [0.15, 0.2) is 28.9 Å². The molecule has 0 spiro atoms. The Morgan fingerprint density at radius 2 is 2.00 bits per heavy atom. The van der Waals surface area contributed by atoms with E-state index >= 15 is 0 Å². The molecule has 2 aliphatic heterocycles. The number of rotatable bonds is 8. The second-order valence-electron chi connectivity index (χ2n) is 7.42. The summed E-state index contributed by atoms with van der Waals surface area (Å²) in [6.45, 7) is 9.90. The van der Waals surface area contributed by atoms with Gasteiger partial charge in [0.05, 0.1) is 5.69 Å². The number of amides is 4. The van der Waals surface area contributed by atoms with Crippen molar-refractivity contribution in [1.29, 1.82) is 0 Å². The lowest BCUT2D eigenvalue weighted by Crippen LogP contribution is -2.41. The van der Waals surface area contributed by atoms with Crippen LogP contribution in [0.3, 0.4) is 0 Å².